The van der Waals surface area contributed by atoms with E-state index in [1.165, 1.54) is 12.3 Å². The summed E-state index contributed by atoms with van der Waals surface area (Å²) in [5, 5.41) is 3.37. The van der Waals surface area contributed by atoms with Crippen LogP contribution >= 0.6 is 0 Å². The summed E-state index contributed by atoms with van der Waals surface area (Å²) in [6.07, 6.45) is 3.98. The molecule has 1 heterocycles. The van der Waals surface area contributed by atoms with Crippen molar-refractivity contribution in [2.75, 3.05) is 0 Å². The highest BCUT2D eigenvalue weighted by Crippen LogP contribution is 2.13. The lowest BCUT2D eigenvalue weighted by Gasteiger charge is -2.18. The average molecular weight is 196 g/mol. The number of halogens is 1. The summed E-state index contributed by atoms with van der Waals surface area (Å²) in [7, 11) is 0. The fourth-order valence-electron chi connectivity index (χ4n) is 1.31. The molecule has 0 aliphatic carbocycles. The lowest BCUT2D eigenvalue weighted by Crippen LogP contribution is -2.28. The van der Waals surface area contributed by atoms with Gasteiger partial charge >= 0.3 is 0 Å². The van der Waals surface area contributed by atoms with Crippen molar-refractivity contribution < 1.29 is 4.39 Å². The second-order valence-electron chi connectivity index (χ2n) is 3.63. The van der Waals surface area contributed by atoms with E-state index in [4.69, 9.17) is 0 Å². The highest BCUT2D eigenvalue weighted by molar-refractivity contribution is 5.14. The molecule has 1 rings (SSSR count). The molecule has 0 aromatic carbocycles. The molecule has 1 N–H and O–H groups in total. The molecule has 0 saturated carbocycles. The van der Waals surface area contributed by atoms with Gasteiger partial charge in [-0.2, -0.15) is 0 Å². The Morgan fingerprint density at radius 3 is 2.71 bits per heavy atom. The van der Waals surface area contributed by atoms with Gasteiger partial charge in [0, 0.05) is 18.3 Å². The van der Waals surface area contributed by atoms with Crippen LogP contribution in [0.25, 0.3) is 0 Å². The minimum atomic E-state index is -0.277. The predicted molar refractivity (Wildman–Crippen MR) is 55.5 cm³/mol. The van der Waals surface area contributed by atoms with E-state index in [9.17, 15) is 4.39 Å². The van der Waals surface area contributed by atoms with Crippen molar-refractivity contribution in [3.63, 3.8) is 0 Å². The number of nitrogens with zero attached hydrogens (tertiary/aromatic N) is 1. The van der Waals surface area contributed by atoms with Crippen LogP contribution in [0.15, 0.2) is 18.5 Å². The molecular weight excluding hydrogens is 179 g/mol. The van der Waals surface area contributed by atoms with Crippen LogP contribution in [0.1, 0.15) is 38.8 Å². The SMILES string of the molecule is CCC(C)NC(C)c1cncc(F)c1. The van der Waals surface area contributed by atoms with Gasteiger partial charge in [-0.25, -0.2) is 4.39 Å². The first-order valence-corrected chi connectivity index (χ1v) is 5.00. The van der Waals surface area contributed by atoms with Crippen molar-refractivity contribution in [3.8, 4) is 0 Å². The van der Waals surface area contributed by atoms with Gasteiger partial charge in [0.2, 0.25) is 0 Å². The van der Waals surface area contributed by atoms with Crippen LogP contribution in [0.4, 0.5) is 4.39 Å². The molecule has 0 radical (unpaired) electrons. The molecule has 14 heavy (non-hydrogen) atoms. The van der Waals surface area contributed by atoms with E-state index in [1.807, 2.05) is 6.92 Å². The van der Waals surface area contributed by atoms with Crippen LogP contribution in [-0.4, -0.2) is 11.0 Å². The van der Waals surface area contributed by atoms with Crippen LogP contribution in [0, 0.1) is 5.82 Å². The zero-order valence-corrected chi connectivity index (χ0v) is 8.92. The van der Waals surface area contributed by atoms with Crippen LogP contribution in [-0.2, 0) is 0 Å². The molecular formula is C11H17FN2. The third-order valence-electron chi connectivity index (χ3n) is 2.37. The van der Waals surface area contributed by atoms with Gasteiger partial charge < -0.3 is 5.32 Å². The van der Waals surface area contributed by atoms with Crippen molar-refractivity contribution in [1.29, 1.82) is 0 Å². The molecule has 0 fully saturated rings. The predicted octanol–water partition coefficient (Wildman–Crippen LogP) is 2.67. The monoisotopic (exact) mass is 196 g/mol. The normalized spacial score (nSPS) is 15.1. The Bertz CT molecular complexity index is 288. The molecule has 0 amide bonds. The van der Waals surface area contributed by atoms with Gasteiger partial charge in [-0.15, -0.1) is 0 Å². The van der Waals surface area contributed by atoms with E-state index in [0.717, 1.165) is 12.0 Å². The van der Waals surface area contributed by atoms with E-state index < -0.39 is 0 Å². The minimum absolute atomic E-state index is 0.146. The Kier molecular flexibility index (Phi) is 4.01. The zero-order valence-electron chi connectivity index (χ0n) is 8.92. The molecule has 2 unspecified atom stereocenters. The molecule has 0 aliphatic heterocycles. The first kappa shape index (κ1) is 11.1. The Morgan fingerprint density at radius 1 is 1.43 bits per heavy atom. The fourth-order valence-corrected chi connectivity index (χ4v) is 1.31. The molecule has 2 atom stereocenters. The summed E-state index contributed by atoms with van der Waals surface area (Å²) < 4.78 is 12.9. The summed E-state index contributed by atoms with van der Waals surface area (Å²) in [4.78, 5) is 3.82. The number of hydrogen-bond acceptors (Lipinski definition) is 2. The standard InChI is InChI=1S/C11H17FN2/c1-4-8(2)14-9(3)10-5-11(12)7-13-6-10/h5-9,14H,4H2,1-3H3. The quantitative estimate of drug-likeness (QED) is 0.800. The lowest BCUT2D eigenvalue weighted by atomic mass is 10.1. The van der Waals surface area contributed by atoms with Gasteiger partial charge in [0.25, 0.3) is 0 Å². The second-order valence-corrected chi connectivity index (χ2v) is 3.63. The van der Waals surface area contributed by atoms with E-state index >= 15 is 0 Å². The zero-order chi connectivity index (χ0) is 10.6. The maximum Gasteiger partial charge on any atom is 0.141 e. The summed E-state index contributed by atoms with van der Waals surface area (Å²) in [6.45, 7) is 6.25. The van der Waals surface area contributed by atoms with Crippen LogP contribution in [0.5, 0.6) is 0 Å². The second kappa shape index (κ2) is 5.05. The molecule has 0 aliphatic rings. The van der Waals surface area contributed by atoms with Crippen molar-refractivity contribution in [2.24, 2.45) is 0 Å². The molecule has 3 heteroatoms. The smallest absolute Gasteiger partial charge is 0.141 e. The molecule has 0 bridgehead atoms. The van der Waals surface area contributed by atoms with Crippen LogP contribution in [0.2, 0.25) is 0 Å². The number of rotatable bonds is 4. The summed E-state index contributed by atoms with van der Waals surface area (Å²) in [6, 6.07) is 2.11. The Hall–Kier alpha value is -0.960. The van der Waals surface area contributed by atoms with Gasteiger partial charge in [0.15, 0.2) is 0 Å². The summed E-state index contributed by atoms with van der Waals surface area (Å²) in [5.74, 6) is -0.277. The molecule has 0 spiro atoms. The highest BCUT2D eigenvalue weighted by Gasteiger charge is 2.08. The largest absolute Gasteiger partial charge is 0.308 e. The average Bonchev–Trinajstić information content (AvgIpc) is 2.17. The minimum Gasteiger partial charge on any atom is -0.308 e. The number of hydrogen-bond donors (Lipinski definition) is 1. The molecule has 1 aromatic rings. The number of aromatic nitrogens is 1. The Morgan fingerprint density at radius 2 is 2.14 bits per heavy atom. The number of pyridine rings is 1. The summed E-state index contributed by atoms with van der Waals surface area (Å²) >= 11 is 0. The fraction of sp³-hybridized carbons (Fsp3) is 0.545. The van der Waals surface area contributed by atoms with Gasteiger partial charge in [-0.05, 0) is 31.9 Å². The topological polar surface area (TPSA) is 24.9 Å². The third kappa shape index (κ3) is 3.07. The maximum absolute atomic E-state index is 12.9. The van der Waals surface area contributed by atoms with E-state index in [0.29, 0.717) is 6.04 Å². The van der Waals surface area contributed by atoms with Gasteiger partial charge in [0.05, 0.1) is 6.20 Å². The first-order chi connectivity index (χ1) is 6.63. The molecule has 78 valence electrons. The van der Waals surface area contributed by atoms with Crippen LogP contribution in [0.3, 0.4) is 0 Å². The van der Waals surface area contributed by atoms with Crippen molar-refractivity contribution >= 4 is 0 Å². The molecule has 1 aromatic heterocycles. The van der Waals surface area contributed by atoms with E-state index in [-0.39, 0.29) is 11.9 Å². The highest BCUT2D eigenvalue weighted by atomic mass is 19.1. The number of nitrogens with one attached hydrogen (secondary N) is 1. The summed E-state index contributed by atoms with van der Waals surface area (Å²) in [5.41, 5.74) is 0.894. The van der Waals surface area contributed by atoms with Crippen molar-refractivity contribution in [2.45, 2.75) is 39.3 Å². The maximum atomic E-state index is 12.9. The van der Waals surface area contributed by atoms with Crippen LogP contribution < -0.4 is 5.32 Å². The first-order valence-electron chi connectivity index (χ1n) is 5.00. The van der Waals surface area contributed by atoms with Crippen molar-refractivity contribution in [1.82, 2.24) is 10.3 Å². The van der Waals surface area contributed by atoms with E-state index in [2.05, 4.69) is 24.1 Å². The third-order valence-corrected chi connectivity index (χ3v) is 2.37. The molecule has 0 saturated heterocycles. The Labute approximate surface area is 84.6 Å². The Balaban J connectivity index is 2.64. The lowest BCUT2D eigenvalue weighted by molar-refractivity contribution is 0.466. The van der Waals surface area contributed by atoms with Gasteiger partial charge in [0.1, 0.15) is 5.82 Å². The van der Waals surface area contributed by atoms with Crippen molar-refractivity contribution in [3.05, 3.63) is 29.8 Å². The van der Waals surface area contributed by atoms with Gasteiger partial charge in [-0.3, -0.25) is 4.98 Å². The van der Waals surface area contributed by atoms with E-state index in [1.54, 1.807) is 6.20 Å². The van der Waals surface area contributed by atoms with Gasteiger partial charge in [-0.1, -0.05) is 6.92 Å². The molecule has 2 nitrogen and oxygen atoms in total.